The summed E-state index contributed by atoms with van der Waals surface area (Å²) in [6, 6.07) is 5.50. The van der Waals surface area contributed by atoms with Crippen LogP contribution in [0.25, 0.3) is 0 Å². The van der Waals surface area contributed by atoms with Crippen LogP contribution in [0.1, 0.15) is 11.4 Å². The van der Waals surface area contributed by atoms with Crippen molar-refractivity contribution in [3.8, 4) is 11.5 Å². The van der Waals surface area contributed by atoms with Gasteiger partial charge in [0.2, 0.25) is 11.1 Å². The van der Waals surface area contributed by atoms with Crippen LogP contribution in [0.4, 0.5) is 0 Å². The molecule has 23 heavy (non-hydrogen) atoms. The molecule has 0 fully saturated rings. The van der Waals surface area contributed by atoms with E-state index in [0.717, 1.165) is 5.56 Å². The number of aryl methyl sites for hydroxylation is 1. The molecule has 2 rings (SSSR count). The Kier molecular flexibility index (Phi) is 5.69. The fourth-order valence-corrected chi connectivity index (χ4v) is 2.55. The third-order valence-electron chi connectivity index (χ3n) is 3.10. The average Bonchev–Trinajstić information content (AvgIpc) is 2.89. The molecule has 2 aromatic rings. The second kappa shape index (κ2) is 7.73. The molecule has 1 aromatic heterocycles. The first kappa shape index (κ1) is 16.9. The van der Waals surface area contributed by atoms with Crippen LogP contribution in [0.2, 0.25) is 0 Å². The van der Waals surface area contributed by atoms with Gasteiger partial charge in [-0.3, -0.25) is 4.79 Å². The van der Waals surface area contributed by atoms with Crippen LogP contribution in [-0.4, -0.2) is 40.8 Å². The van der Waals surface area contributed by atoms with Crippen LogP contribution in [0.15, 0.2) is 23.4 Å². The lowest BCUT2D eigenvalue weighted by molar-refractivity contribution is -0.118. The van der Waals surface area contributed by atoms with Gasteiger partial charge in [0.1, 0.15) is 5.82 Å². The number of nitrogens with zero attached hydrogens (tertiary/aromatic N) is 3. The summed E-state index contributed by atoms with van der Waals surface area (Å²) in [6.07, 6.45) is 0. The van der Waals surface area contributed by atoms with Crippen molar-refractivity contribution in [1.29, 1.82) is 0 Å². The lowest BCUT2D eigenvalue weighted by Gasteiger charge is -2.10. The fraction of sp³-hybridized carbons (Fsp3) is 0.357. The highest BCUT2D eigenvalue weighted by atomic mass is 32.2. The minimum Gasteiger partial charge on any atom is -0.493 e. The van der Waals surface area contributed by atoms with Gasteiger partial charge in [0.15, 0.2) is 11.5 Å². The maximum atomic E-state index is 11.9. The van der Waals surface area contributed by atoms with Gasteiger partial charge in [0.25, 0.3) is 0 Å². The zero-order valence-corrected chi connectivity index (χ0v) is 14.0. The predicted octanol–water partition coefficient (Wildman–Crippen LogP) is 0.726. The summed E-state index contributed by atoms with van der Waals surface area (Å²) in [5, 5.41) is 11.1. The van der Waals surface area contributed by atoms with E-state index in [0.29, 0.717) is 29.0 Å². The molecule has 3 N–H and O–H groups in total. The molecule has 0 saturated heterocycles. The molecule has 9 heteroatoms. The van der Waals surface area contributed by atoms with E-state index in [2.05, 4.69) is 15.5 Å². The Balaban J connectivity index is 1.85. The quantitative estimate of drug-likeness (QED) is 0.567. The van der Waals surface area contributed by atoms with Gasteiger partial charge in [-0.2, -0.15) is 0 Å². The van der Waals surface area contributed by atoms with Gasteiger partial charge >= 0.3 is 0 Å². The summed E-state index contributed by atoms with van der Waals surface area (Å²) >= 11 is 1.23. The molecule has 124 valence electrons. The second-order valence-corrected chi connectivity index (χ2v) is 5.60. The molecule has 1 heterocycles. The molecule has 0 bridgehead atoms. The molecule has 0 aliphatic rings. The van der Waals surface area contributed by atoms with Crippen molar-refractivity contribution in [2.45, 2.75) is 18.6 Å². The van der Waals surface area contributed by atoms with Gasteiger partial charge in [0.05, 0.1) is 20.0 Å². The van der Waals surface area contributed by atoms with Gasteiger partial charge in [-0.15, -0.1) is 10.2 Å². The number of ether oxygens (including phenoxy) is 2. The van der Waals surface area contributed by atoms with E-state index < -0.39 is 0 Å². The van der Waals surface area contributed by atoms with Crippen molar-refractivity contribution in [2.24, 2.45) is 0 Å². The highest BCUT2D eigenvalue weighted by molar-refractivity contribution is 7.99. The maximum Gasteiger partial charge on any atom is 0.230 e. The minimum atomic E-state index is -0.120. The number of carbonyl (C=O) groups excluding carboxylic acids is 1. The number of amides is 1. The molecular formula is C14H19N5O3S. The van der Waals surface area contributed by atoms with E-state index >= 15 is 0 Å². The van der Waals surface area contributed by atoms with Crippen molar-refractivity contribution in [2.75, 3.05) is 25.8 Å². The minimum absolute atomic E-state index is 0.120. The molecule has 1 aromatic carbocycles. The third kappa shape index (κ3) is 4.28. The Labute approximate surface area is 138 Å². The SMILES string of the molecule is COc1ccc(CNC(=O)CSc2nnc(C)n2N)cc1OC. The predicted molar refractivity (Wildman–Crippen MR) is 87.0 cm³/mol. The number of thioether (sulfide) groups is 1. The number of benzene rings is 1. The normalized spacial score (nSPS) is 10.4. The molecule has 0 aliphatic carbocycles. The van der Waals surface area contributed by atoms with Crippen LogP contribution < -0.4 is 20.6 Å². The lowest BCUT2D eigenvalue weighted by Crippen LogP contribution is -2.25. The van der Waals surface area contributed by atoms with Crippen molar-refractivity contribution in [3.63, 3.8) is 0 Å². The van der Waals surface area contributed by atoms with E-state index in [1.807, 2.05) is 12.1 Å². The van der Waals surface area contributed by atoms with E-state index in [9.17, 15) is 4.79 Å². The number of hydrogen-bond acceptors (Lipinski definition) is 7. The summed E-state index contributed by atoms with van der Waals surface area (Å²) in [7, 11) is 3.15. The number of nitrogens with one attached hydrogen (secondary N) is 1. The Hall–Kier alpha value is -2.42. The molecular weight excluding hydrogens is 318 g/mol. The first-order valence-corrected chi connectivity index (χ1v) is 7.81. The van der Waals surface area contributed by atoms with Crippen molar-refractivity contribution < 1.29 is 14.3 Å². The van der Waals surface area contributed by atoms with Crippen molar-refractivity contribution in [3.05, 3.63) is 29.6 Å². The van der Waals surface area contributed by atoms with Crippen LogP contribution in [0.5, 0.6) is 11.5 Å². The Bertz CT molecular complexity index is 689. The van der Waals surface area contributed by atoms with Crippen LogP contribution >= 0.6 is 11.8 Å². The number of nitrogens with two attached hydrogens (primary N) is 1. The Morgan fingerprint density at radius 1 is 1.30 bits per heavy atom. The van der Waals surface area contributed by atoms with E-state index in [4.69, 9.17) is 15.3 Å². The van der Waals surface area contributed by atoms with Gasteiger partial charge in [-0.1, -0.05) is 17.8 Å². The van der Waals surface area contributed by atoms with Gasteiger partial charge in [-0.25, -0.2) is 4.68 Å². The number of aromatic nitrogens is 3. The number of hydrogen-bond donors (Lipinski definition) is 2. The smallest absolute Gasteiger partial charge is 0.230 e. The number of nitrogen functional groups attached to an aromatic ring is 1. The summed E-state index contributed by atoms with van der Waals surface area (Å²) in [5.74, 6) is 7.69. The largest absolute Gasteiger partial charge is 0.493 e. The number of methoxy groups -OCH3 is 2. The van der Waals surface area contributed by atoms with E-state index in [1.165, 1.54) is 16.4 Å². The second-order valence-electron chi connectivity index (χ2n) is 4.65. The number of rotatable bonds is 7. The summed E-state index contributed by atoms with van der Waals surface area (Å²) in [6.45, 7) is 2.14. The van der Waals surface area contributed by atoms with E-state index in [1.54, 1.807) is 27.2 Å². The van der Waals surface area contributed by atoms with Crippen molar-refractivity contribution >= 4 is 17.7 Å². The summed E-state index contributed by atoms with van der Waals surface area (Å²) in [4.78, 5) is 11.9. The number of carbonyl (C=O) groups is 1. The molecule has 0 atom stereocenters. The van der Waals surface area contributed by atoms with Crippen LogP contribution in [-0.2, 0) is 11.3 Å². The standard InChI is InChI=1S/C14H19N5O3S/c1-9-17-18-14(19(9)15)23-8-13(20)16-7-10-4-5-11(21-2)12(6-10)22-3/h4-6H,7-8,15H2,1-3H3,(H,16,20). The van der Waals surface area contributed by atoms with Gasteiger partial charge < -0.3 is 20.6 Å². The first-order chi connectivity index (χ1) is 11.0. The molecule has 8 nitrogen and oxygen atoms in total. The molecule has 0 unspecified atom stereocenters. The molecule has 0 saturated carbocycles. The Morgan fingerprint density at radius 2 is 2.04 bits per heavy atom. The maximum absolute atomic E-state index is 11.9. The highest BCUT2D eigenvalue weighted by Gasteiger charge is 2.10. The van der Waals surface area contributed by atoms with Gasteiger partial charge in [-0.05, 0) is 24.6 Å². The molecule has 0 aliphatic heterocycles. The third-order valence-corrected chi connectivity index (χ3v) is 4.05. The van der Waals surface area contributed by atoms with Crippen molar-refractivity contribution in [1.82, 2.24) is 20.2 Å². The monoisotopic (exact) mass is 337 g/mol. The highest BCUT2D eigenvalue weighted by Crippen LogP contribution is 2.27. The molecule has 0 spiro atoms. The lowest BCUT2D eigenvalue weighted by atomic mass is 10.2. The average molecular weight is 337 g/mol. The first-order valence-electron chi connectivity index (χ1n) is 6.82. The zero-order chi connectivity index (χ0) is 16.8. The topological polar surface area (TPSA) is 104 Å². The zero-order valence-electron chi connectivity index (χ0n) is 13.2. The van der Waals surface area contributed by atoms with Crippen LogP contribution in [0.3, 0.4) is 0 Å². The molecule has 1 amide bonds. The summed E-state index contributed by atoms with van der Waals surface area (Å²) in [5.41, 5.74) is 0.916. The Morgan fingerprint density at radius 3 is 2.65 bits per heavy atom. The summed E-state index contributed by atoms with van der Waals surface area (Å²) < 4.78 is 11.8. The van der Waals surface area contributed by atoms with Crippen LogP contribution in [0, 0.1) is 6.92 Å². The van der Waals surface area contributed by atoms with E-state index in [-0.39, 0.29) is 11.7 Å². The fourth-order valence-electron chi connectivity index (χ4n) is 1.82. The molecule has 0 radical (unpaired) electrons. The van der Waals surface area contributed by atoms with Gasteiger partial charge in [0, 0.05) is 6.54 Å².